The van der Waals surface area contributed by atoms with Crippen LogP contribution in [0, 0.1) is 5.41 Å². The van der Waals surface area contributed by atoms with E-state index in [1.54, 1.807) is 14.2 Å². The third-order valence-electron chi connectivity index (χ3n) is 2.83. The molecule has 5 nitrogen and oxygen atoms in total. The van der Waals surface area contributed by atoms with E-state index in [1.165, 1.54) is 11.3 Å². The van der Waals surface area contributed by atoms with Crippen molar-refractivity contribution in [2.45, 2.75) is 27.2 Å². The number of benzene rings is 1. The minimum absolute atomic E-state index is 0.0273. The highest BCUT2D eigenvalue weighted by atomic mass is 32.1. The van der Waals surface area contributed by atoms with Gasteiger partial charge in [0.05, 0.1) is 24.4 Å². The van der Waals surface area contributed by atoms with E-state index >= 15 is 0 Å². The van der Waals surface area contributed by atoms with Gasteiger partial charge in [-0.1, -0.05) is 32.1 Å². The molecule has 0 spiro atoms. The van der Waals surface area contributed by atoms with E-state index in [2.05, 4.69) is 10.3 Å². The Balaban J connectivity index is 2.25. The zero-order chi connectivity index (χ0) is 15.6. The van der Waals surface area contributed by atoms with Gasteiger partial charge >= 0.3 is 0 Å². The molecule has 0 saturated heterocycles. The lowest BCUT2D eigenvalue weighted by Gasteiger charge is -2.16. The van der Waals surface area contributed by atoms with Crippen molar-refractivity contribution in [1.29, 1.82) is 0 Å². The summed E-state index contributed by atoms with van der Waals surface area (Å²) in [5.41, 5.74) is 0.733. The average Bonchev–Trinajstić information content (AvgIpc) is 2.75. The number of aromatic nitrogens is 1. The number of amides is 1. The van der Waals surface area contributed by atoms with Crippen LogP contribution in [-0.4, -0.2) is 25.1 Å². The second kappa shape index (κ2) is 5.89. The molecular weight excluding hydrogens is 288 g/mol. The van der Waals surface area contributed by atoms with Crippen LogP contribution < -0.4 is 14.8 Å². The van der Waals surface area contributed by atoms with Crippen LogP contribution in [-0.2, 0) is 4.79 Å². The summed E-state index contributed by atoms with van der Waals surface area (Å²) in [6.07, 6.45) is 0.454. The summed E-state index contributed by atoms with van der Waals surface area (Å²) in [7, 11) is 3.18. The molecule has 1 aromatic heterocycles. The van der Waals surface area contributed by atoms with Gasteiger partial charge in [-0.3, -0.25) is 4.79 Å². The van der Waals surface area contributed by atoms with E-state index in [0.717, 1.165) is 10.2 Å². The zero-order valence-electron chi connectivity index (χ0n) is 12.9. The monoisotopic (exact) mass is 308 g/mol. The van der Waals surface area contributed by atoms with Crippen molar-refractivity contribution in [3.05, 3.63) is 12.1 Å². The first-order chi connectivity index (χ1) is 9.82. The molecule has 0 bridgehead atoms. The molecule has 0 atom stereocenters. The minimum Gasteiger partial charge on any atom is -0.493 e. The summed E-state index contributed by atoms with van der Waals surface area (Å²) >= 11 is 1.42. The first-order valence-corrected chi connectivity index (χ1v) is 7.46. The molecule has 0 unspecified atom stereocenters. The maximum absolute atomic E-state index is 12.0. The fraction of sp³-hybridized carbons (Fsp3) is 0.467. The number of nitrogens with zero attached hydrogens (tertiary/aromatic N) is 1. The van der Waals surface area contributed by atoms with Crippen LogP contribution in [0.3, 0.4) is 0 Å². The number of carbonyl (C=O) groups excluding carboxylic acids is 1. The van der Waals surface area contributed by atoms with Gasteiger partial charge in [-0.15, -0.1) is 0 Å². The van der Waals surface area contributed by atoms with Gasteiger partial charge in [0.2, 0.25) is 5.91 Å². The molecule has 1 amide bonds. The number of ether oxygens (including phenoxy) is 2. The predicted octanol–water partition coefficient (Wildman–Crippen LogP) is 3.69. The van der Waals surface area contributed by atoms with Crippen molar-refractivity contribution in [2.75, 3.05) is 19.5 Å². The highest BCUT2D eigenvalue weighted by Crippen LogP contribution is 2.36. The second-order valence-corrected chi connectivity index (χ2v) is 7.01. The number of nitrogens with one attached hydrogen (secondary N) is 1. The van der Waals surface area contributed by atoms with Gasteiger partial charge in [-0.05, 0) is 5.41 Å². The Morgan fingerprint density at radius 3 is 2.43 bits per heavy atom. The lowest BCUT2D eigenvalue weighted by Crippen LogP contribution is -2.19. The molecule has 2 aromatic rings. The Morgan fingerprint density at radius 2 is 1.86 bits per heavy atom. The molecule has 6 heteroatoms. The molecule has 0 radical (unpaired) electrons. The van der Waals surface area contributed by atoms with Gasteiger partial charge in [0.15, 0.2) is 16.6 Å². The summed E-state index contributed by atoms with van der Waals surface area (Å²) in [6, 6.07) is 3.68. The van der Waals surface area contributed by atoms with Gasteiger partial charge in [0, 0.05) is 18.6 Å². The normalized spacial score (nSPS) is 11.5. The molecule has 0 saturated carbocycles. The fourth-order valence-electron chi connectivity index (χ4n) is 1.95. The molecule has 21 heavy (non-hydrogen) atoms. The molecule has 0 aliphatic rings. The zero-order valence-corrected chi connectivity index (χ0v) is 13.8. The minimum atomic E-state index is -0.0484. The lowest BCUT2D eigenvalue weighted by atomic mass is 9.92. The van der Waals surface area contributed by atoms with Crippen LogP contribution in [0.1, 0.15) is 27.2 Å². The first kappa shape index (κ1) is 15.6. The van der Waals surface area contributed by atoms with Crippen LogP contribution in [0.4, 0.5) is 5.13 Å². The molecule has 2 rings (SSSR count). The molecule has 0 fully saturated rings. The third kappa shape index (κ3) is 3.85. The van der Waals surface area contributed by atoms with Crippen molar-refractivity contribution in [3.63, 3.8) is 0 Å². The van der Waals surface area contributed by atoms with Crippen LogP contribution in [0.25, 0.3) is 10.2 Å². The maximum atomic E-state index is 12.0. The van der Waals surface area contributed by atoms with Gasteiger partial charge in [-0.2, -0.15) is 0 Å². The Bertz CT molecular complexity index is 618. The molecule has 1 heterocycles. The van der Waals surface area contributed by atoms with Crippen LogP contribution in [0.2, 0.25) is 0 Å². The van der Waals surface area contributed by atoms with Gasteiger partial charge in [0.25, 0.3) is 0 Å². The first-order valence-electron chi connectivity index (χ1n) is 6.65. The number of carbonyl (C=O) groups is 1. The lowest BCUT2D eigenvalue weighted by molar-refractivity contribution is -0.117. The Kier molecular flexibility index (Phi) is 4.37. The number of anilines is 1. The number of hydrogen-bond acceptors (Lipinski definition) is 5. The SMILES string of the molecule is COc1cc2nc(NC(=O)CC(C)(C)C)sc2cc1OC. The molecule has 1 N–H and O–H groups in total. The Hall–Kier alpha value is -1.82. The number of thiazole rings is 1. The summed E-state index contributed by atoms with van der Waals surface area (Å²) < 4.78 is 11.5. The summed E-state index contributed by atoms with van der Waals surface area (Å²) in [5.74, 6) is 1.25. The van der Waals surface area contributed by atoms with E-state index in [4.69, 9.17) is 9.47 Å². The van der Waals surface area contributed by atoms with E-state index in [1.807, 2.05) is 32.9 Å². The van der Waals surface area contributed by atoms with Gasteiger partial charge < -0.3 is 14.8 Å². The summed E-state index contributed by atoms with van der Waals surface area (Å²) in [5, 5.41) is 3.44. The highest BCUT2D eigenvalue weighted by Gasteiger charge is 2.17. The topological polar surface area (TPSA) is 60.5 Å². The average molecular weight is 308 g/mol. The molecule has 0 aliphatic heterocycles. The molecule has 1 aromatic carbocycles. The maximum Gasteiger partial charge on any atom is 0.226 e. The van der Waals surface area contributed by atoms with Crippen molar-refractivity contribution >= 4 is 32.6 Å². The van der Waals surface area contributed by atoms with E-state index in [9.17, 15) is 4.79 Å². The van der Waals surface area contributed by atoms with E-state index in [-0.39, 0.29) is 11.3 Å². The van der Waals surface area contributed by atoms with Crippen LogP contribution in [0.5, 0.6) is 11.5 Å². The van der Waals surface area contributed by atoms with Crippen molar-refractivity contribution in [2.24, 2.45) is 5.41 Å². The smallest absolute Gasteiger partial charge is 0.226 e. The van der Waals surface area contributed by atoms with Crippen molar-refractivity contribution < 1.29 is 14.3 Å². The van der Waals surface area contributed by atoms with Crippen molar-refractivity contribution in [3.8, 4) is 11.5 Å². The van der Waals surface area contributed by atoms with Gasteiger partial charge in [-0.25, -0.2) is 4.98 Å². The number of fused-ring (bicyclic) bond motifs is 1. The molecule has 114 valence electrons. The molecule has 0 aliphatic carbocycles. The van der Waals surface area contributed by atoms with Crippen LogP contribution in [0.15, 0.2) is 12.1 Å². The quantitative estimate of drug-likeness (QED) is 0.936. The summed E-state index contributed by atoms with van der Waals surface area (Å²) in [6.45, 7) is 6.09. The van der Waals surface area contributed by atoms with Gasteiger partial charge in [0.1, 0.15) is 0 Å². The predicted molar refractivity (Wildman–Crippen MR) is 85.4 cm³/mol. The Labute approximate surface area is 128 Å². The van der Waals surface area contributed by atoms with Crippen LogP contribution >= 0.6 is 11.3 Å². The highest BCUT2D eigenvalue weighted by molar-refractivity contribution is 7.22. The Morgan fingerprint density at radius 1 is 1.24 bits per heavy atom. The van der Waals surface area contributed by atoms with E-state index < -0.39 is 0 Å². The van der Waals surface area contributed by atoms with Crippen molar-refractivity contribution in [1.82, 2.24) is 4.98 Å². The largest absolute Gasteiger partial charge is 0.493 e. The number of rotatable bonds is 4. The number of hydrogen-bond donors (Lipinski definition) is 1. The summed E-state index contributed by atoms with van der Waals surface area (Å²) in [4.78, 5) is 16.4. The third-order valence-corrected chi connectivity index (χ3v) is 3.76. The van der Waals surface area contributed by atoms with E-state index in [0.29, 0.717) is 23.1 Å². The second-order valence-electron chi connectivity index (χ2n) is 5.98. The fourth-order valence-corrected chi connectivity index (χ4v) is 2.85. The number of methoxy groups -OCH3 is 2. The molecular formula is C15H20N2O3S. The standard InChI is InChI=1S/C15H20N2O3S/c1-15(2,3)8-13(18)17-14-16-9-6-10(19-4)11(20-5)7-12(9)21-14/h6-7H,8H2,1-5H3,(H,16,17,18).